The van der Waals surface area contributed by atoms with Crippen LogP contribution in [0, 0.1) is 11.7 Å². The molecule has 12 heteroatoms. The summed E-state index contributed by atoms with van der Waals surface area (Å²) in [6.07, 6.45) is 3.37. The number of aromatic amines is 1. The quantitative estimate of drug-likeness (QED) is 0.414. The van der Waals surface area contributed by atoms with Crippen molar-refractivity contribution in [3.05, 3.63) is 88.1 Å². The minimum Gasteiger partial charge on any atom is -0.334 e. The highest BCUT2D eigenvalue weighted by Gasteiger charge is 2.60. The number of halogens is 1. The first-order chi connectivity index (χ1) is 19.5. The molecule has 1 unspecified atom stereocenters. The number of pyridine rings is 1. The molecule has 10 nitrogen and oxygen atoms in total. The Balaban J connectivity index is 1.28. The molecular weight excluding hydrogens is 551 g/mol. The van der Waals surface area contributed by atoms with Gasteiger partial charge in [-0.05, 0) is 66.6 Å². The van der Waals surface area contributed by atoms with Crippen molar-refractivity contribution >= 4 is 27.7 Å². The zero-order chi connectivity index (χ0) is 29.1. The summed E-state index contributed by atoms with van der Waals surface area (Å²) in [5.74, 6) is -2.06. The van der Waals surface area contributed by atoms with Gasteiger partial charge in [0.1, 0.15) is 12.4 Å². The van der Waals surface area contributed by atoms with Crippen LogP contribution in [-0.4, -0.2) is 59.4 Å². The third-order valence-corrected chi connectivity index (χ3v) is 9.97. The number of fused-ring (bicyclic) bond motifs is 2. The number of nitrogens with one attached hydrogen (secondary N) is 2. The van der Waals surface area contributed by atoms with Gasteiger partial charge in [0, 0.05) is 30.4 Å². The Bertz CT molecular complexity index is 1730. The van der Waals surface area contributed by atoms with E-state index < -0.39 is 51.3 Å². The normalized spacial score (nSPS) is 21.6. The molecular formula is C29H27FN4O6S. The lowest BCUT2D eigenvalue weighted by atomic mass is 9.90. The van der Waals surface area contributed by atoms with Gasteiger partial charge >= 0.3 is 6.03 Å². The summed E-state index contributed by atoms with van der Waals surface area (Å²) in [6, 6.07) is 12.2. The molecule has 2 atom stereocenters. The largest absolute Gasteiger partial charge is 0.334 e. The number of amides is 4. The van der Waals surface area contributed by atoms with E-state index in [1.807, 2.05) is 6.92 Å². The van der Waals surface area contributed by atoms with Gasteiger partial charge in [-0.25, -0.2) is 17.6 Å². The summed E-state index contributed by atoms with van der Waals surface area (Å²) < 4.78 is 40.0. The Morgan fingerprint density at radius 2 is 1.78 bits per heavy atom. The van der Waals surface area contributed by atoms with Crippen LogP contribution < -0.4 is 10.9 Å². The van der Waals surface area contributed by atoms with Crippen molar-refractivity contribution < 1.29 is 27.2 Å². The summed E-state index contributed by atoms with van der Waals surface area (Å²) in [5.41, 5.74) is -0.237. The Hall–Kier alpha value is -4.32. The predicted molar refractivity (Wildman–Crippen MR) is 146 cm³/mol. The lowest BCUT2D eigenvalue weighted by Gasteiger charge is -2.31. The summed E-state index contributed by atoms with van der Waals surface area (Å²) in [6.45, 7) is 1.53. The number of aromatic nitrogens is 1. The molecule has 1 aromatic heterocycles. The van der Waals surface area contributed by atoms with Crippen LogP contribution in [0.5, 0.6) is 0 Å². The van der Waals surface area contributed by atoms with E-state index in [0.29, 0.717) is 16.7 Å². The van der Waals surface area contributed by atoms with E-state index in [4.69, 9.17) is 0 Å². The molecule has 1 saturated carbocycles. The smallest absolute Gasteiger partial charge is 0.325 e. The van der Waals surface area contributed by atoms with Gasteiger partial charge in [-0.3, -0.25) is 19.3 Å². The fourth-order valence-electron chi connectivity index (χ4n) is 5.70. The highest BCUT2D eigenvalue weighted by Crippen LogP contribution is 2.43. The van der Waals surface area contributed by atoms with Crippen molar-refractivity contribution in [2.24, 2.45) is 5.92 Å². The van der Waals surface area contributed by atoms with Gasteiger partial charge in [0.05, 0.1) is 10.6 Å². The Morgan fingerprint density at radius 3 is 2.44 bits per heavy atom. The number of urea groups is 1. The van der Waals surface area contributed by atoms with Crippen LogP contribution in [0.1, 0.15) is 30.9 Å². The van der Waals surface area contributed by atoms with Crippen molar-refractivity contribution in [1.82, 2.24) is 20.1 Å². The van der Waals surface area contributed by atoms with E-state index in [-0.39, 0.29) is 34.5 Å². The molecule has 2 aromatic carbocycles. The maximum absolute atomic E-state index is 13.8. The van der Waals surface area contributed by atoms with Crippen LogP contribution in [0.25, 0.3) is 11.1 Å². The van der Waals surface area contributed by atoms with Crippen molar-refractivity contribution in [3.8, 4) is 11.1 Å². The third kappa shape index (κ3) is 4.71. The number of benzene rings is 2. The van der Waals surface area contributed by atoms with Gasteiger partial charge in [0.15, 0.2) is 15.4 Å². The first-order valence-electron chi connectivity index (χ1n) is 13.2. The second kappa shape index (κ2) is 9.65. The summed E-state index contributed by atoms with van der Waals surface area (Å²) in [5, 5.41) is 2.57. The number of hydrogen-bond acceptors (Lipinski definition) is 6. The molecule has 0 radical (unpaired) electrons. The average Bonchev–Trinajstić information content (AvgIpc) is 3.73. The summed E-state index contributed by atoms with van der Waals surface area (Å²) in [4.78, 5) is 56.7. The number of imide groups is 1. The minimum atomic E-state index is -3.98. The monoisotopic (exact) mass is 578 g/mol. The highest BCUT2D eigenvalue weighted by molar-refractivity contribution is 7.92. The van der Waals surface area contributed by atoms with Crippen molar-refractivity contribution in [2.45, 2.75) is 42.8 Å². The van der Waals surface area contributed by atoms with Gasteiger partial charge in [-0.15, -0.1) is 0 Å². The first kappa shape index (κ1) is 26.9. The maximum Gasteiger partial charge on any atom is 0.325 e. The molecule has 0 bridgehead atoms. The van der Waals surface area contributed by atoms with Gasteiger partial charge in [-0.1, -0.05) is 24.3 Å². The lowest BCUT2D eigenvalue weighted by Crippen LogP contribution is -2.48. The topological polar surface area (TPSA) is 137 Å². The number of sulfone groups is 1. The molecule has 41 heavy (non-hydrogen) atoms. The van der Waals surface area contributed by atoms with Crippen molar-refractivity contribution in [3.63, 3.8) is 0 Å². The number of carbonyl (C=O) groups excluding carboxylic acids is 3. The SMILES string of the molecule is C[C@@H](C1CC1)N(Cc1ccc(F)cc1)C(=O)CN1C(=O)NC2(CS(=O)(=O)c3cc(-c4ccc(=O)[nH]c4)ccc32)C1=O. The van der Waals surface area contributed by atoms with Crippen LogP contribution >= 0.6 is 0 Å². The number of rotatable bonds is 7. The van der Waals surface area contributed by atoms with E-state index >= 15 is 0 Å². The van der Waals surface area contributed by atoms with Crippen LogP contribution in [0.15, 0.2) is 70.5 Å². The molecule has 2 fully saturated rings. The summed E-state index contributed by atoms with van der Waals surface area (Å²) >= 11 is 0. The van der Waals surface area contributed by atoms with Crippen molar-refractivity contribution in [1.29, 1.82) is 0 Å². The Kier molecular flexibility index (Phi) is 6.33. The molecule has 2 N–H and O–H groups in total. The van der Waals surface area contributed by atoms with Gasteiger partial charge in [0.2, 0.25) is 11.5 Å². The summed E-state index contributed by atoms with van der Waals surface area (Å²) in [7, 11) is -3.98. The number of hydrogen-bond donors (Lipinski definition) is 2. The molecule has 3 aliphatic rings. The van der Waals surface area contributed by atoms with Gasteiger partial charge in [-0.2, -0.15) is 0 Å². The molecule has 1 aliphatic carbocycles. The first-order valence-corrected chi connectivity index (χ1v) is 14.9. The number of H-pyrrole nitrogens is 1. The number of nitrogens with zero attached hydrogens (tertiary/aromatic N) is 2. The van der Waals surface area contributed by atoms with Crippen LogP contribution in [-0.2, 0) is 31.5 Å². The zero-order valence-electron chi connectivity index (χ0n) is 22.1. The molecule has 3 heterocycles. The predicted octanol–water partition coefficient (Wildman–Crippen LogP) is 2.54. The van der Waals surface area contributed by atoms with E-state index in [2.05, 4.69) is 10.3 Å². The molecule has 3 aromatic rings. The number of carbonyl (C=O) groups is 3. The Morgan fingerprint density at radius 1 is 1.07 bits per heavy atom. The van der Waals surface area contributed by atoms with E-state index in [9.17, 15) is 32.0 Å². The molecule has 6 rings (SSSR count). The fraction of sp³-hybridized carbons (Fsp3) is 0.310. The van der Waals surface area contributed by atoms with Crippen LogP contribution in [0.3, 0.4) is 0 Å². The molecule has 4 amide bonds. The van der Waals surface area contributed by atoms with Crippen molar-refractivity contribution in [2.75, 3.05) is 12.3 Å². The molecule has 1 saturated heterocycles. The molecule has 1 spiro atoms. The fourth-order valence-corrected chi connectivity index (χ4v) is 7.66. The zero-order valence-corrected chi connectivity index (χ0v) is 22.9. The minimum absolute atomic E-state index is 0.0941. The lowest BCUT2D eigenvalue weighted by molar-refractivity contribution is -0.140. The average molecular weight is 579 g/mol. The van der Waals surface area contributed by atoms with Crippen LogP contribution in [0.4, 0.5) is 9.18 Å². The van der Waals surface area contributed by atoms with Gasteiger partial charge < -0.3 is 15.2 Å². The second-order valence-corrected chi connectivity index (χ2v) is 12.8. The third-order valence-electron chi connectivity index (χ3n) is 8.15. The maximum atomic E-state index is 13.8. The van der Waals surface area contributed by atoms with E-state index in [0.717, 1.165) is 17.7 Å². The van der Waals surface area contributed by atoms with E-state index in [1.54, 1.807) is 29.2 Å². The van der Waals surface area contributed by atoms with Gasteiger partial charge in [0.25, 0.3) is 5.91 Å². The Labute approximate surface area is 235 Å². The second-order valence-electron chi connectivity index (χ2n) is 10.9. The van der Waals surface area contributed by atoms with E-state index in [1.165, 1.54) is 36.5 Å². The molecule has 2 aliphatic heterocycles. The molecule has 212 valence electrons. The van der Waals surface area contributed by atoms with Crippen LogP contribution in [0.2, 0.25) is 0 Å². The standard InChI is InChI=1S/C29H27FN4O6S/c1-17(19-4-5-19)33(14-18-2-8-22(30)9-3-18)26(36)15-34-27(37)29(32-28(34)38)16-41(39,40)24-12-20(6-10-23(24)29)21-7-11-25(35)31-13-21/h2-3,6-13,17,19H,4-5,14-16H2,1H3,(H,31,35)(H,32,38)/t17-,29?/m0/s1. The highest BCUT2D eigenvalue weighted by atomic mass is 32.2.